The third-order valence-corrected chi connectivity index (χ3v) is 5.79. The molecule has 2 amide bonds. The van der Waals surface area contributed by atoms with Crippen molar-refractivity contribution in [2.45, 2.75) is 12.6 Å². The van der Waals surface area contributed by atoms with Crippen LogP contribution < -0.4 is 10.9 Å². The predicted molar refractivity (Wildman–Crippen MR) is 118 cm³/mol. The van der Waals surface area contributed by atoms with Crippen LogP contribution in [0.5, 0.6) is 0 Å². The van der Waals surface area contributed by atoms with Gasteiger partial charge in [0.05, 0.1) is 23.6 Å². The van der Waals surface area contributed by atoms with Gasteiger partial charge in [0, 0.05) is 43.6 Å². The van der Waals surface area contributed by atoms with Gasteiger partial charge in [-0.05, 0) is 35.7 Å². The first-order chi connectivity index (χ1) is 15.8. The molecule has 0 fully saturated rings. The molecule has 1 aromatic heterocycles. The first-order valence-electron chi connectivity index (χ1n) is 10.2. The minimum atomic E-state index is -0.688. The summed E-state index contributed by atoms with van der Waals surface area (Å²) >= 11 is 0. The molecule has 3 N–H and O–H groups in total. The van der Waals surface area contributed by atoms with Gasteiger partial charge in [-0.15, -0.1) is 0 Å². The van der Waals surface area contributed by atoms with Crippen molar-refractivity contribution in [1.82, 2.24) is 14.8 Å². The highest BCUT2D eigenvalue weighted by atomic mass is 19.1. The molecule has 170 valence electrons. The summed E-state index contributed by atoms with van der Waals surface area (Å²) in [6.07, 6.45) is 0. The Kier molecular flexibility index (Phi) is 6.09. The van der Waals surface area contributed by atoms with Crippen molar-refractivity contribution in [3.8, 4) is 6.07 Å². The number of β-amino-alcohol motifs (C(OH)–C–C–N with tert-alkyl or cyclic N) is 1. The lowest BCUT2D eigenvalue weighted by Crippen LogP contribution is -2.46. The van der Waals surface area contributed by atoms with Gasteiger partial charge >= 0.3 is 6.03 Å². The molecule has 3 aromatic rings. The summed E-state index contributed by atoms with van der Waals surface area (Å²) < 4.78 is 27.4. The van der Waals surface area contributed by atoms with Crippen molar-refractivity contribution < 1.29 is 18.7 Å². The molecule has 10 heteroatoms. The number of halogens is 2. The second-order valence-electron chi connectivity index (χ2n) is 7.86. The fourth-order valence-electron chi connectivity index (χ4n) is 4.17. The predicted octanol–water partition coefficient (Wildman–Crippen LogP) is 2.69. The van der Waals surface area contributed by atoms with Crippen LogP contribution in [0.4, 0.5) is 19.3 Å². The molecule has 2 aromatic carbocycles. The van der Waals surface area contributed by atoms with E-state index in [2.05, 4.69) is 10.3 Å². The van der Waals surface area contributed by atoms with Crippen LogP contribution in [-0.2, 0) is 6.54 Å². The fourth-order valence-corrected chi connectivity index (χ4v) is 4.17. The molecule has 0 unspecified atom stereocenters. The van der Waals surface area contributed by atoms with E-state index in [1.807, 2.05) is 4.90 Å². The minimum absolute atomic E-state index is 0.104. The van der Waals surface area contributed by atoms with Gasteiger partial charge in [0.15, 0.2) is 0 Å². The number of hydrogen-bond acceptors (Lipinski definition) is 5. The number of amides is 2. The number of aliphatic hydroxyl groups is 1. The van der Waals surface area contributed by atoms with Gasteiger partial charge < -0.3 is 20.3 Å². The van der Waals surface area contributed by atoms with E-state index in [0.29, 0.717) is 36.3 Å². The Morgan fingerprint density at radius 3 is 2.82 bits per heavy atom. The number of fused-ring (bicyclic) bond motifs is 3. The molecule has 0 spiro atoms. The first kappa shape index (κ1) is 22.4. The van der Waals surface area contributed by atoms with Crippen LogP contribution in [0.3, 0.4) is 0 Å². The van der Waals surface area contributed by atoms with E-state index in [1.54, 1.807) is 13.1 Å². The monoisotopic (exact) mass is 453 g/mol. The normalized spacial score (nSPS) is 15.7. The number of hydrogen-bond donors (Lipinski definition) is 3. The molecule has 8 nitrogen and oxygen atoms in total. The highest BCUT2D eigenvalue weighted by molar-refractivity contribution is 5.91. The Hall–Kier alpha value is -3.81. The number of nitriles is 1. The number of carbonyl (C=O) groups excluding carboxylic acids is 1. The number of anilines is 1. The van der Waals surface area contributed by atoms with E-state index in [9.17, 15) is 23.5 Å². The van der Waals surface area contributed by atoms with E-state index >= 15 is 0 Å². The molecule has 0 radical (unpaired) electrons. The van der Waals surface area contributed by atoms with Gasteiger partial charge in [-0.3, -0.25) is 9.69 Å². The SMILES string of the molecule is CN(C(=O)Nc1ccc(F)c(C#N)c1)[C@H]1CN(CCO)Cc2[nH]c(=O)c3cc(F)ccc3c21. The number of aliphatic hydroxyl groups excluding tert-OH is 1. The second-order valence-corrected chi connectivity index (χ2v) is 7.86. The topological polar surface area (TPSA) is 112 Å². The van der Waals surface area contributed by atoms with Crippen LogP contribution in [-0.4, -0.2) is 52.7 Å². The molecule has 0 aliphatic carbocycles. The summed E-state index contributed by atoms with van der Waals surface area (Å²) in [5.74, 6) is -1.23. The van der Waals surface area contributed by atoms with Gasteiger partial charge in [0.25, 0.3) is 5.56 Å². The van der Waals surface area contributed by atoms with Crippen molar-refractivity contribution in [3.05, 3.63) is 75.2 Å². The van der Waals surface area contributed by atoms with Gasteiger partial charge in [-0.1, -0.05) is 6.07 Å². The van der Waals surface area contributed by atoms with Crippen LogP contribution in [0.2, 0.25) is 0 Å². The van der Waals surface area contributed by atoms with Gasteiger partial charge in [-0.2, -0.15) is 5.26 Å². The van der Waals surface area contributed by atoms with Gasteiger partial charge in [-0.25, -0.2) is 13.6 Å². The van der Waals surface area contributed by atoms with E-state index in [1.165, 1.54) is 29.2 Å². The standard InChI is InChI=1S/C23H21F2N5O3/c1-29(23(33)27-15-3-5-18(25)13(8-15)10-26)20-12-30(6-7-31)11-19-21(20)16-4-2-14(24)9-17(16)22(32)28-19/h2-5,8-9,20,31H,6-7,11-12H2,1H3,(H,27,33)(H,28,32)/t20-/m0/s1. The molecule has 1 aliphatic rings. The third kappa shape index (κ3) is 4.28. The Morgan fingerprint density at radius 1 is 1.30 bits per heavy atom. The molecule has 4 rings (SSSR count). The first-order valence-corrected chi connectivity index (χ1v) is 10.2. The average Bonchev–Trinajstić information content (AvgIpc) is 2.79. The number of nitrogens with zero attached hydrogens (tertiary/aromatic N) is 3. The van der Waals surface area contributed by atoms with E-state index < -0.39 is 29.3 Å². The lowest BCUT2D eigenvalue weighted by Gasteiger charge is -2.39. The van der Waals surface area contributed by atoms with Crippen molar-refractivity contribution >= 4 is 22.5 Å². The minimum Gasteiger partial charge on any atom is -0.395 e. The lowest BCUT2D eigenvalue weighted by molar-refractivity contribution is 0.129. The number of carbonyl (C=O) groups is 1. The van der Waals surface area contributed by atoms with Crippen molar-refractivity contribution in [3.63, 3.8) is 0 Å². The lowest BCUT2D eigenvalue weighted by atomic mass is 9.93. The maximum atomic E-state index is 13.8. The Morgan fingerprint density at radius 2 is 2.09 bits per heavy atom. The van der Waals surface area contributed by atoms with Crippen LogP contribution >= 0.6 is 0 Å². The van der Waals surface area contributed by atoms with E-state index in [-0.39, 0.29) is 23.2 Å². The second kappa shape index (κ2) is 8.97. The summed E-state index contributed by atoms with van der Waals surface area (Å²) in [6.45, 7) is 0.947. The number of urea groups is 1. The van der Waals surface area contributed by atoms with Crippen LogP contribution in [0.1, 0.15) is 22.9 Å². The summed E-state index contributed by atoms with van der Waals surface area (Å²) in [5, 5.41) is 21.8. The van der Waals surface area contributed by atoms with Crippen LogP contribution in [0.25, 0.3) is 10.8 Å². The number of H-pyrrole nitrogens is 1. The average molecular weight is 453 g/mol. The molecule has 0 bridgehead atoms. The number of nitrogens with one attached hydrogen (secondary N) is 2. The fraction of sp³-hybridized carbons (Fsp3) is 0.261. The molecular formula is C23H21F2N5O3. The smallest absolute Gasteiger partial charge is 0.322 e. The van der Waals surface area contributed by atoms with E-state index in [4.69, 9.17) is 5.26 Å². The Labute approximate surface area is 187 Å². The third-order valence-electron chi connectivity index (χ3n) is 5.79. The molecule has 1 atom stereocenters. The molecular weight excluding hydrogens is 432 g/mol. The Bertz CT molecular complexity index is 1330. The molecule has 2 heterocycles. The summed E-state index contributed by atoms with van der Waals surface area (Å²) in [6, 6.07) is 8.31. The summed E-state index contributed by atoms with van der Waals surface area (Å²) in [4.78, 5) is 31.8. The number of aromatic amines is 1. The molecule has 0 saturated carbocycles. The van der Waals surface area contributed by atoms with Crippen LogP contribution in [0.15, 0.2) is 41.2 Å². The zero-order valence-corrected chi connectivity index (χ0v) is 17.7. The summed E-state index contributed by atoms with van der Waals surface area (Å²) in [5.41, 5.74) is 0.889. The highest BCUT2D eigenvalue weighted by Crippen LogP contribution is 2.34. The number of pyridine rings is 1. The van der Waals surface area contributed by atoms with E-state index in [0.717, 1.165) is 12.1 Å². The van der Waals surface area contributed by atoms with Crippen LogP contribution in [0, 0.1) is 23.0 Å². The zero-order chi connectivity index (χ0) is 23.7. The maximum Gasteiger partial charge on any atom is 0.322 e. The molecule has 33 heavy (non-hydrogen) atoms. The van der Waals surface area contributed by atoms with Crippen molar-refractivity contribution in [2.24, 2.45) is 0 Å². The van der Waals surface area contributed by atoms with Crippen molar-refractivity contribution in [1.29, 1.82) is 5.26 Å². The summed E-state index contributed by atoms with van der Waals surface area (Å²) in [7, 11) is 1.57. The van der Waals surface area contributed by atoms with Gasteiger partial charge in [0.1, 0.15) is 17.7 Å². The molecule has 1 aliphatic heterocycles. The number of rotatable bonds is 4. The maximum absolute atomic E-state index is 13.8. The highest BCUT2D eigenvalue weighted by Gasteiger charge is 2.33. The van der Waals surface area contributed by atoms with Gasteiger partial charge in [0.2, 0.25) is 0 Å². The number of likely N-dealkylation sites (N-methyl/N-ethyl adjacent to an activating group) is 1. The number of aromatic nitrogens is 1. The van der Waals surface area contributed by atoms with Crippen molar-refractivity contribution in [2.75, 3.05) is 32.1 Å². The zero-order valence-electron chi connectivity index (χ0n) is 17.7. The quantitative estimate of drug-likeness (QED) is 0.562. The Balaban J connectivity index is 1.74. The largest absolute Gasteiger partial charge is 0.395 e. The number of benzene rings is 2. The molecule has 0 saturated heterocycles.